The normalized spacial score (nSPS) is 22.4. The largest absolute Gasteiger partial charge is 0.311 e. The standard InChI is InChI=1S/C14H31N3O2S/c1-14(2,3)15-8-10-16(4)11-13-7-6-9-17(12-13)20(5,18)19/h13,15H,6-12H2,1-5H3. The van der Waals surface area contributed by atoms with E-state index in [1.54, 1.807) is 4.31 Å². The molecule has 1 heterocycles. The molecule has 0 radical (unpaired) electrons. The molecular weight excluding hydrogens is 274 g/mol. The van der Waals surface area contributed by atoms with Crippen molar-refractivity contribution in [2.75, 3.05) is 46.0 Å². The summed E-state index contributed by atoms with van der Waals surface area (Å²) in [5.74, 6) is 0.457. The molecule has 1 aliphatic rings. The second-order valence-electron chi connectivity index (χ2n) is 7.07. The van der Waals surface area contributed by atoms with Crippen molar-refractivity contribution >= 4 is 10.0 Å². The number of hydrogen-bond donors (Lipinski definition) is 1. The maximum atomic E-state index is 11.6. The summed E-state index contributed by atoms with van der Waals surface area (Å²) in [6, 6.07) is 0. The van der Waals surface area contributed by atoms with E-state index in [4.69, 9.17) is 0 Å². The minimum atomic E-state index is -3.03. The van der Waals surface area contributed by atoms with Crippen molar-refractivity contribution in [1.82, 2.24) is 14.5 Å². The van der Waals surface area contributed by atoms with E-state index in [-0.39, 0.29) is 5.54 Å². The highest BCUT2D eigenvalue weighted by Gasteiger charge is 2.26. The molecule has 0 saturated carbocycles. The predicted octanol–water partition coefficient (Wildman–Crippen LogP) is 0.978. The van der Waals surface area contributed by atoms with Gasteiger partial charge in [-0.15, -0.1) is 0 Å². The zero-order chi connectivity index (χ0) is 15.4. The van der Waals surface area contributed by atoms with Crippen molar-refractivity contribution in [1.29, 1.82) is 0 Å². The molecule has 120 valence electrons. The molecule has 0 amide bonds. The Morgan fingerprint density at radius 1 is 1.35 bits per heavy atom. The molecule has 0 aromatic carbocycles. The smallest absolute Gasteiger partial charge is 0.211 e. The van der Waals surface area contributed by atoms with E-state index in [9.17, 15) is 8.42 Å². The van der Waals surface area contributed by atoms with Crippen LogP contribution in [0.2, 0.25) is 0 Å². The third-order valence-electron chi connectivity index (χ3n) is 3.67. The zero-order valence-electron chi connectivity index (χ0n) is 13.6. The summed E-state index contributed by atoms with van der Waals surface area (Å²) in [6.07, 6.45) is 3.42. The van der Waals surface area contributed by atoms with Gasteiger partial charge in [-0.2, -0.15) is 0 Å². The quantitative estimate of drug-likeness (QED) is 0.795. The topological polar surface area (TPSA) is 52.6 Å². The van der Waals surface area contributed by atoms with Crippen LogP contribution in [0.1, 0.15) is 33.6 Å². The number of likely N-dealkylation sites (N-methyl/N-ethyl adjacent to an activating group) is 1. The number of piperidine rings is 1. The lowest BCUT2D eigenvalue weighted by Gasteiger charge is -2.33. The number of rotatable bonds is 6. The van der Waals surface area contributed by atoms with Gasteiger partial charge in [0, 0.05) is 38.3 Å². The maximum Gasteiger partial charge on any atom is 0.211 e. The average Bonchev–Trinajstić information content (AvgIpc) is 2.26. The maximum absolute atomic E-state index is 11.6. The monoisotopic (exact) mass is 305 g/mol. The Hall–Kier alpha value is -0.170. The molecule has 0 aromatic rings. The molecule has 0 bridgehead atoms. The van der Waals surface area contributed by atoms with Gasteiger partial charge >= 0.3 is 0 Å². The van der Waals surface area contributed by atoms with E-state index in [1.807, 2.05) is 0 Å². The summed E-state index contributed by atoms with van der Waals surface area (Å²) in [4.78, 5) is 2.30. The minimum Gasteiger partial charge on any atom is -0.311 e. The van der Waals surface area contributed by atoms with Crippen LogP contribution in [0, 0.1) is 5.92 Å². The molecule has 1 fully saturated rings. The molecule has 6 heteroatoms. The Balaban J connectivity index is 2.33. The van der Waals surface area contributed by atoms with E-state index >= 15 is 0 Å². The van der Waals surface area contributed by atoms with Gasteiger partial charge in [-0.1, -0.05) is 0 Å². The van der Waals surface area contributed by atoms with Gasteiger partial charge in [0.1, 0.15) is 0 Å². The Morgan fingerprint density at radius 3 is 2.55 bits per heavy atom. The molecule has 1 rings (SSSR count). The zero-order valence-corrected chi connectivity index (χ0v) is 14.5. The minimum absolute atomic E-state index is 0.152. The van der Waals surface area contributed by atoms with E-state index in [2.05, 4.69) is 38.0 Å². The Morgan fingerprint density at radius 2 is 2.00 bits per heavy atom. The second-order valence-corrected chi connectivity index (χ2v) is 9.05. The van der Waals surface area contributed by atoms with Crippen LogP contribution in [0.4, 0.5) is 0 Å². The van der Waals surface area contributed by atoms with Gasteiger partial charge < -0.3 is 10.2 Å². The number of sulfonamides is 1. The fourth-order valence-corrected chi connectivity index (χ4v) is 3.57. The molecule has 1 unspecified atom stereocenters. The van der Waals surface area contributed by atoms with Gasteiger partial charge in [0.15, 0.2) is 0 Å². The number of hydrogen-bond acceptors (Lipinski definition) is 4. The van der Waals surface area contributed by atoms with Crippen molar-refractivity contribution in [3.05, 3.63) is 0 Å². The van der Waals surface area contributed by atoms with Gasteiger partial charge in [-0.3, -0.25) is 0 Å². The van der Waals surface area contributed by atoms with Crippen molar-refractivity contribution in [3.8, 4) is 0 Å². The van der Waals surface area contributed by atoms with Crippen LogP contribution in [0.15, 0.2) is 0 Å². The van der Waals surface area contributed by atoms with E-state index in [0.29, 0.717) is 19.0 Å². The summed E-state index contributed by atoms with van der Waals surface area (Å²) in [7, 11) is -0.914. The van der Waals surface area contributed by atoms with Crippen LogP contribution < -0.4 is 5.32 Å². The first-order valence-electron chi connectivity index (χ1n) is 7.46. The lowest BCUT2D eigenvalue weighted by Crippen LogP contribution is -2.45. The third-order valence-corrected chi connectivity index (χ3v) is 4.94. The van der Waals surface area contributed by atoms with Crippen LogP contribution in [-0.2, 0) is 10.0 Å². The fourth-order valence-electron chi connectivity index (χ4n) is 2.63. The van der Waals surface area contributed by atoms with Crippen molar-refractivity contribution < 1.29 is 8.42 Å². The summed E-state index contributed by atoms with van der Waals surface area (Å²) in [6.45, 7) is 10.8. The summed E-state index contributed by atoms with van der Waals surface area (Å²) in [5, 5.41) is 3.48. The van der Waals surface area contributed by atoms with Crippen LogP contribution in [0.3, 0.4) is 0 Å². The average molecular weight is 305 g/mol. The van der Waals surface area contributed by atoms with Crippen LogP contribution in [-0.4, -0.2) is 69.2 Å². The van der Waals surface area contributed by atoms with Gasteiger partial charge in [0.2, 0.25) is 10.0 Å². The number of nitrogens with zero attached hydrogens (tertiary/aromatic N) is 2. The second kappa shape index (κ2) is 7.20. The Bertz CT molecular complexity index is 390. The van der Waals surface area contributed by atoms with E-state index in [0.717, 1.165) is 32.5 Å². The highest BCUT2D eigenvalue weighted by atomic mass is 32.2. The van der Waals surface area contributed by atoms with E-state index in [1.165, 1.54) is 6.26 Å². The highest BCUT2D eigenvalue weighted by molar-refractivity contribution is 7.88. The number of nitrogens with one attached hydrogen (secondary N) is 1. The van der Waals surface area contributed by atoms with Gasteiger partial charge in [0.05, 0.1) is 6.26 Å². The first-order chi connectivity index (χ1) is 9.08. The Labute approximate surface area is 124 Å². The molecule has 1 atom stereocenters. The summed E-state index contributed by atoms with van der Waals surface area (Å²) >= 11 is 0. The molecule has 1 saturated heterocycles. The molecule has 1 aliphatic heterocycles. The van der Waals surface area contributed by atoms with Crippen LogP contribution in [0.5, 0.6) is 0 Å². The SMILES string of the molecule is CN(CCNC(C)(C)C)CC1CCCN(S(C)(=O)=O)C1. The first-order valence-corrected chi connectivity index (χ1v) is 9.31. The summed E-state index contributed by atoms with van der Waals surface area (Å²) < 4.78 is 24.8. The molecule has 20 heavy (non-hydrogen) atoms. The molecule has 0 aliphatic carbocycles. The molecular formula is C14H31N3O2S. The Kier molecular flexibility index (Phi) is 6.44. The van der Waals surface area contributed by atoms with Gasteiger partial charge in [0.25, 0.3) is 0 Å². The van der Waals surface area contributed by atoms with Gasteiger partial charge in [-0.25, -0.2) is 12.7 Å². The lowest BCUT2D eigenvalue weighted by molar-refractivity contribution is 0.198. The van der Waals surface area contributed by atoms with Gasteiger partial charge in [-0.05, 0) is 46.6 Å². The molecule has 1 N–H and O–H groups in total. The van der Waals surface area contributed by atoms with Crippen LogP contribution >= 0.6 is 0 Å². The van der Waals surface area contributed by atoms with Crippen LogP contribution in [0.25, 0.3) is 0 Å². The predicted molar refractivity (Wildman–Crippen MR) is 84.4 cm³/mol. The highest BCUT2D eigenvalue weighted by Crippen LogP contribution is 2.19. The van der Waals surface area contributed by atoms with Crippen molar-refractivity contribution in [2.24, 2.45) is 5.92 Å². The van der Waals surface area contributed by atoms with Crippen molar-refractivity contribution in [3.63, 3.8) is 0 Å². The third kappa shape index (κ3) is 7.02. The molecule has 0 spiro atoms. The fraction of sp³-hybridized carbons (Fsp3) is 1.00. The summed E-state index contributed by atoms with van der Waals surface area (Å²) in [5.41, 5.74) is 0.152. The first kappa shape index (κ1) is 17.9. The molecule has 0 aromatic heterocycles. The van der Waals surface area contributed by atoms with E-state index < -0.39 is 10.0 Å². The lowest BCUT2D eigenvalue weighted by atomic mass is 9.99. The molecule has 5 nitrogen and oxygen atoms in total. The van der Waals surface area contributed by atoms with Crippen molar-refractivity contribution in [2.45, 2.75) is 39.2 Å².